The van der Waals surface area contributed by atoms with Crippen LogP contribution in [0.2, 0.25) is 0 Å². The summed E-state index contributed by atoms with van der Waals surface area (Å²) >= 11 is 0. The van der Waals surface area contributed by atoms with Crippen molar-refractivity contribution in [3.63, 3.8) is 0 Å². The van der Waals surface area contributed by atoms with Crippen LogP contribution in [0.5, 0.6) is 5.75 Å². The summed E-state index contributed by atoms with van der Waals surface area (Å²) in [5.41, 5.74) is 0.269. The normalized spacial score (nSPS) is 23.7. The maximum atomic E-state index is 13.5. The van der Waals surface area contributed by atoms with Crippen molar-refractivity contribution in [3.8, 4) is 5.75 Å². The maximum Gasteiger partial charge on any atom is 0.200 e. The van der Waals surface area contributed by atoms with Gasteiger partial charge in [-0.3, -0.25) is 0 Å². The average Bonchev–Trinajstić information content (AvgIpc) is 3.01. The third-order valence-electron chi connectivity index (χ3n) is 2.71. The van der Waals surface area contributed by atoms with Gasteiger partial charge in [-0.25, -0.2) is 4.39 Å². The van der Waals surface area contributed by atoms with Gasteiger partial charge in [0.1, 0.15) is 6.29 Å². The molecular weight excluding hydrogens is 202 g/mol. The van der Waals surface area contributed by atoms with Gasteiger partial charge < -0.3 is 9.53 Å². The van der Waals surface area contributed by atoms with Crippen molar-refractivity contribution in [2.45, 2.75) is 12.3 Å². The average molecular weight is 212 g/mol. The van der Waals surface area contributed by atoms with Gasteiger partial charge in [0.25, 0.3) is 0 Å². The first-order valence-electron chi connectivity index (χ1n) is 4.66. The van der Waals surface area contributed by atoms with Crippen LogP contribution in [0.25, 0.3) is 0 Å². The summed E-state index contributed by atoms with van der Waals surface area (Å²) in [4.78, 5) is 10.4. The Kier molecular flexibility index (Phi) is 2.42. The van der Waals surface area contributed by atoms with E-state index < -0.39 is 11.6 Å². The van der Waals surface area contributed by atoms with Gasteiger partial charge in [-0.2, -0.15) is 4.39 Å². The third-order valence-corrected chi connectivity index (χ3v) is 2.71. The Labute approximate surface area is 85.9 Å². The molecule has 2 atom stereocenters. The van der Waals surface area contributed by atoms with E-state index in [9.17, 15) is 13.6 Å². The first kappa shape index (κ1) is 10.1. The Morgan fingerprint density at radius 3 is 2.67 bits per heavy atom. The molecule has 80 valence electrons. The van der Waals surface area contributed by atoms with Gasteiger partial charge in [0, 0.05) is 5.92 Å². The molecule has 0 aromatic heterocycles. The number of benzene rings is 1. The van der Waals surface area contributed by atoms with Crippen LogP contribution < -0.4 is 4.74 Å². The zero-order valence-corrected chi connectivity index (χ0v) is 8.17. The Hall–Kier alpha value is -1.45. The highest BCUT2D eigenvalue weighted by Crippen LogP contribution is 2.47. The summed E-state index contributed by atoms with van der Waals surface area (Å²) < 4.78 is 31.4. The van der Waals surface area contributed by atoms with Crippen LogP contribution in [0.15, 0.2) is 12.1 Å². The van der Waals surface area contributed by atoms with Gasteiger partial charge in [-0.05, 0) is 24.0 Å². The quantitative estimate of drug-likeness (QED) is 0.718. The van der Waals surface area contributed by atoms with Crippen molar-refractivity contribution in [2.75, 3.05) is 7.11 Å². The summed E-state index contributed by atoms with van der Waals surface area (Å²) in [6.07, 6.45) is 1.39. The van der Waals surface area contributed by atoms with Crippen molar-refractivity contribution in [2.24, 2.45) is 5.92 Å². The van der Waals surface area contributed by atoms with Crippen LogP contribution in [0, 0.1) is 17.6 Å². The number of hydrogen-bond acceptors (Lipinski definition) is 2. The molecule has 0 radical (unpaired) electrons. The number of halogens is 2. The largest absolute Gasteiger partial charge is 0.494 e. The lowest BCUT2D eigenvalue weighted by Crippen LogP contribution is -1.97. The minimum atomic E-state index is -0.980. The summed E-state index contributed by atoms with van der Waals surface area (Å²) in [7, 11) is 1.28. The molecule has 0 bridgehead atoms. The molecule has 0 heterocycles. The van der Waals surface area contributed by atoms with Crippen LogP contribution in [-0.2, 0) is 4.79 Å². The van der Waals surface area contributed by atoms with Gasteiger partial charge >= 0.3 is 0 Å². The number of rotatable bonds is 3. The van der Waals surface area contributed by atoms with Crippen molar-refractivity contribution in [1.29, 1.82) is 0 Å². The molecule has 2 rings (SSSR count). The summed E-state index contributed by atoms with van der Waals surface area (Å²) in [6.45, 7) is 0. The third kappa shape index (κ3) is 1.60. The fourth-order valence-electron chi connectivity index (χ4n) is 1.71. The molecule has 1 fully saturated rings. The molecule has 1 aliphatic rings. The Bertz CT molecular complexity index is 404. The summed E-state index contributed by atoms with van der Waals surface area (Å²) in [5, 5.41) is 0. The molecule has 0 saturated heterocycles. The second kappa shape index (κ2) is 3.61. The minimum Gasteiger partial charge on any atom is -0.494 e. The number of hydrogen-bond donors (Lipinski definition) is 0. The van der Waals surface area contributed by atoms with Gasteiger partial charge in [0.15, 0.2) is 11.6 Å². The highest BCUT2D eigenvalue weighted by molar-refractivity contribution is 5.61. The zero-order valence-electron chi connectivity index (χ0n) is 8.17. The lowest BCUT2D eigenvalue weighted by molar-refractivity contribution is -0.108. The number of carbonyl (C=O) groups excluding carboxylic acids is 1. The van der Waals surface area contributed by atoms with Crippen LogP contribution in [-0.4, -0.2) is 13.4 Å². The Balaban J connectivity index is 2.34. The molecule has 0 spiro atoms. The van der Waals surface area contributed by atoms with E-state index in [-0.39, 0.29) is 23.1 Å². The number of methoxy groups -OCH3 is 1. The molecule has 0 aliphatic heterocycles. The fraction of sp³-hybridized carbons (Fsp3) is 0.364. The van der Waals surface area contributed by atoms with E-state index in [0.717, 1.165) is 6.29 Å². The van der Waals surface area contributed by atoms with Gasteiger partial charge in [-0.15, -0.1) is 0 Å². The van der Waals surface area contributed by atoms with Crippen molar-refractivity contribution >= 4 is 6.29 Å². The van der Waals surface area contributed by atoms with E-state index in [1.165, 1.54) is 19.2 Å². The summed E-state index contributed by atoms with van der Waals surface area (Å²) in [6, 6.07) is 2.86. The maximum absolute atomic E-state index is 13.5. The van der Waals surface area contributed by atoms with Crippen LogP contribution in [0.1, 0.15) is 17.9 Å². The molecule has 2 nitrogen and oxygen atoms in total. The molecule has 2 unspecified atom stereocenters. The highest BCUT2D eigenvalue weighted by atomic mass is 19.2. The number of carbonyl (C=O) groups is 1. The SMILES string of the molecule is COc1ccc(C2CC2C=O)c(F)c1F. The minimum absolute atomic E-state index is 0.112. The summed E-state index contributed by atoms with van der Waals surface area (Å²) in [5.74, 6) is -2.31. The molecule has 1 aliphatic carbocycles. The second-order valence-corrected chi connectivity index (χ2v) is 3.63. The Morgan fingerprint density at radius 2 is 2.13 bits per heavy atom. The monoisotopic (exact) mass is 212 g/mol. The van der Waals surface area contributed by atoms with Crippen molar-refractivity contribution < 1.29 is 18.3 Å². The second-order valence-electron chi connectivity index (χ2n) is 3.63. The van der Waals surface area contributed by atoms with E-state index in [1.54, 1.807) is 0 Å². The molecule has 0 amide bonds. The molecule has 1 aromatic carbocycles. The smallest absolute Gasteiger partial charge is 0.200 e. The highest BCUT2D eigenvalue weighted by Gasteiger charge is 2.40. The molecule has 0 N–H and O–H groups in total. The number of aldehydes is 1. The molecular formula is C11H10F2O2. The van der Waals surface area contributed by atoms with Gasteiger partial charge in [0.2, 0.25) is 5.82 Å². The number of ether oxygens (including phenoxy) is 1. The predicted octanol–water partition coefficient (Wildman–Crippen LogP) is 2.28. The van der Waals surface area contributed by atoms with E-state index in [1.807, 2.05) is 0 Å². The molecule has 1 aromatic rings. The molecule has 15 heavy (non-hydrogen) atoms. The lowest BCUT2D eigenvalue weighted by atomic mass is 10.1. The van der Waals surface area contributed by atoms with E-state index in [0.29, 0.717) is 6.42 Å². The topological polar surface area (TPSA) is 26.3 Å². The van der Waals surface area contributed by atoms with E-state index in [2.05, 4.69) is 4.74 Å². The van der Waals surface area contributed by atoms with Crippen molar-refractivity contribution in [3.05, 3.63) is 29.3 Å². The zero-order chi connectivity index (χ0) is 11.0. The van der Waals surface area contributed by atoms with E-state index in [4.69, 9.17) is 0 Å². The van der Waals surface area contributed by atoms with Crippen LogP contribution in [0.3, 0.4) is 0 Å². The van der Waals surface area contributed by atoms with E-state index >= 15 is 0 Å². The first-order chi connectivity index (χ1) is 7.19. The van der Waals surface area contributed by atoms with Gasteiger partial charge in [0.05, 0.1) is 7.11 Å². The fourth-order valence-corrected chi connectivity index (χ4v) is 1.71. The lowest BCUT2D eigenvalue weighted by Gasteiger charge is -2.06. The Morgan fingerprint density at radius 1 is 1.40 bits per heavy atom. The van der Waals surface area contributed by atoms with Crippen LogP contribution >= 0.6 is 0 Å². The predicted molar refractivity (Wildman–Crippen MR) is 49.8 cm³/mol. The molecule has 1 saturated carbocycles. The molecule has 4 heteroatoms. The van der Waals surface area contributed by atoms with Crippen molar-refractivity contribution in [1.82, 2.24) is 0 Å². The van der Waals surface area contributed by atoms with Crippen LogP contribution in [0.4, 0.5) is 8.78 Å². The first-order valence-corrected chi connectivity index (χ1v) is 4.66. The standard InChI is InChI=1S/C11H10F2O2/c1-15-9-3-2-7(10(12)11(9)13)8-4-6(8)5-14/h2-3,5-6,8H,4H2,1H3. The van der Waals surface area contributed by atoms with Gasteiger partial charge in [-0.1, -0.05) is 6.07 Å².